The van der Waals surface area contributed by atoms with Crippen molar-refractivity contribution >= 4 is 39.3 Å². The number of amides is 1. The van der Waals surface area contributed by atoms with Gasteiger partial charge in [0.25, 0.3) is 0 Å². The number of hydrogen-bond donors (Lipinski definition) is 2. The molecule has 0 spiro atoms. The molecule has 2 aromatic rings. The third kappa shape index (κ3) is 5.65. The maximum atomic E-state index is 12.3. The summed E-state index contributed by atoms with van der Waals surface area (Å²) < 4.78 is 32.6. The van der Waals surface area contributed by atoms with E-state index in [1.54, 1.807) is 30.3 Å². The summed E-state index contributed by atoms with van der Waals surface area (Å²) in [5.74, 6) is -0.341. The summed E-state index contributed by atoms with van der Waals surface area (Å²) in [7, 11) is -3.62. The monoisotopic (exact) mass is 420 g/mol. The molecule has 0 bridgehead atoms. The molecule has 8 heteroatoms. The highest BCUT2D eigenvalue weighted by Crippen LogP contribution is 2.18. The molecule has 0 aliphatic carbocycles. The van der Waals surface area contributed by atoms with Crippen molar-refractivity contribution < 1.29 is 17.9 Å². The van der Waals surface area contributed by atoms with Crippen LogP contribution in [0.1, 0.15) is 18.4 Å². The lowest BCUT2D eigenvalue weighted by atomic mass is 10.2. The summed E-state index contributed by atoms with van der Waals surface area (Å²) in [6.07, 6.45) is 4.72. The maximum Gasteiger partial charge on any atom is 0.248 e. The van der Waals surface area contributed by atoms with Crippen LogP contribution in [-0.2, 0) is 19.6 Å². The van der Waals surface area contributed by atoms with Gasteiger partial charge < -0.3 is 10.1 Å². The molecule has 1 aliphatic heterocycles. The SMILES string of the molecule is O=C(/C=C/c1ccccc1Cl)Nc1ccc(S(=O)(=O)NC[C@@H]2CCCO2)cc1. The first-order chi connectivity index (χ1) is 13.4. The average Bonchev–Trinajstić information content (AvgIpc) is 3.20. The Balaban J connectivity index is 1.57. The Labute approximate surface area is 169 Å². The smallest absolute Gasteiger partial charge is 0.248 e. The first-order valence-electron chi connectivity index (χ1n) is 8.89. The predicted molar refractivity (Wildman–Crippen MR) is 110 cm³/mol. The number of hydrogen-bond acceptors (Lipinski definition) is 4. The zero-order valence-corrected chi connectivity index (χ0v) is 16.7. The fourth-order valence-corrected chi connectivity index (χ4v) is 4.03. The third-order valence-electron chi connectivity index (χ3n) is 4.28. The molecule has 2 N–H and O–H groups in total. The molecule has 1 fully saturated rings. The highest BCUT2D eigenvalue weighted by atomic mass is 35.5. The molecular formula is C20H21ClN2O4S. The van der Waals surface area contributed by atoms with Crippen molar-refractivity contribution in [1.82, 2.24) is 4.72 Å². The number of carbonyl (C=O) groups excluding carboxylic acids is 1. The second-order valence-corrected chi connectivity index (χ2v) is 8.53. The largest absolute Gasteiger partial charge is 0.377 e. The number of benzene rings is 2. The average molecular weight is 421 g/mol. The van der Waals surface area contributed by atoms with Gasteiger partial charge in [0.2, 0.25) is 15.9 Å². The molecule has 0 saturated carbocycles. The maximum absolute atomic E-state index is 12.3. The van der Waals surface area contributed by atoms with Crippen LogP contribution in [0.15, 0.2) is 59.5 Å². The van der Waals surface area contributed by atoms with Gasteiger partial charge in [-0.3, -0.25) is 4.79 Å². The number of halogens is 1. The van der Waals surface area contributed by atoms with Gasteiger partial charge in [0.05, 0.1) is 11.0 Å². The summed E-state index contributed by atoms with van der Waals surface area (Å²) in [6.45, 7) is 0.930. The lowest BCUT2D eigenvalue weighted by Crippen LogP contribution is -2.31. The number of carbonyl (C=O) groups is 1. The lowest BCUT2D eigenvalue weighted by molar-refractivity contribution is -0.111. The Morgan fingerprint density at radius 3 is 2.61 bits per heavy atom. The van der Waals surface area contributed by atoms with Crippen LogP contribution in [0.5, 0.6) is 0 Å². The Hall–Kier alpha value is -2.19. The van der Waals surface area contributed by atoms with Gasteiger partial charge in [-0.05, 0) is 54.8 Å². The minimum atomic E-state index is -3.62. The van der Waals surface area contributed by atoms with Gasteiger partial charge in [-0.2, -0.15) is 0 Å². The van der Waals surface area contributed by atoms with Gasteiger partial charge in [0, 0.05) is 29.9 Å². The second kappa shape index (κ2) is 9.34. The summed E-state index contributed by atoms with van der Waals surface area (Å²) >= 11 is 6.04. The normalized spacial score (nSPS) is 17.1. The summed E-state index contributed by atoms with van der Waals surface area (Å²) in [5.41, 5.74) is 1.23. The minimum Gasteiger partial charge on any atom is -0.377 e. The van der Waals surface area contributed by atoms with Crippen LogP contribution < -0.4 is 10.0 Å². The molecule has 1 amide bonds. The fourth-order valence-electron chi connectivity index (χ4n) is 2.77. The lowest BCUT2D eigenvalue weighted by Gasteiger charge is -2.11. The van der Waals surface area contributed by atoms with Crippen molar-refractivity contribution in [2.45, 2.75) is 23.8 Å². The molecule has 1 aliphatic rings. The predicted octanol–water partition coefficient (Wildman–Crippen LogP) is 3.45. The van der Waals surface area contributed by atoms with Crippen LogP contribution >= 0.6 is 11.6 Å². The van der Waals surface area contributed by atoms with E-state index in [-0.39, 0.29) is 23.5 Å². The molecule has 0 radical (unpaired) electrons. The third-order valence-corrected chi connectivity index (χ3v) is 6.06. The van der Waals surface area contributed by atoms with Gasteiger partial charge in [0.15, 0.2) is 0 Å². The van der Waals surface area contributed by atoms with E-state index in [1.807, 2.05) is 12.1 Å². The van der Waals surface area contributed by atoms with Gasteiger partial charge in [-0.15, -0.1) is 0 Å². The zero-order valence-electron chi connectivity index (χ0n) is 15.1. The molecule has 0 aromatic heterocycles. The number of rotatable bonds is 7. The molecule has 1 heterocycles. The topological polar surface area (TPSA) is 84.5 Å². The van der Waals surface area contributed by atoms with Crippen molar-refractivity contribution in [3.8, 4) is 0 Å². The molecule has 148 valence electrons. The molecule has 3 rings (SSSR count). The molecule has 1 saturated heterocycles. The van der Waals surface area contributed by atoms with Crippen LogP contribution in [0.2, 0.25) is 5.02 Å². The van der Waals surface area contributed by atoms with Crippen LogP contribution in [-0.4, -0.2) is 33.6 Å². The standard InChI is InChI=1S/C20H21ClN2O4S/c21-19-6-2-1-4-15(19)7-12-20(24)23-16-8-10-18(11-9-16)28(25,26)22-14-17-5-3-13-27-17/h1-2,4,6-12,17,22H,3,5,13-14H2,(H,23,24)/b12-7+/t17-/m0/s1. The van der Waals surface area contributed by atoms with E-state index in [0.717, 1.165) is 18.4 Å². The Morgan fingerprint density at radius 1 is 1.18 bits per heavy atom. The highest BCUT2D eigenvalue weighted by Gasteiger charge is 2.20. The van der Waals surface area contributed by atoms with E-state index in [9.17, 15) is 13.2 Å². The van der Waals surface area contributed by atoms with Gasteiger partial charge in [-0.25, -0.2) is 13.1 Å². The Bertz CT molecular complexity index is 952. The molecule has 2 aromatic carbocycles. The van der Waals surface area contributed by atoms with Crippen molar-refractivity contribution in [3.05, 3.63) is 65.2 Å². The fraction of sp³-hybridized carbons (Fsp3) is 0.250. The Kier molecular flexibility index (Phi) is 6.85. The van der Waals surface area contributed by atoms with Crippen molar-refractivity contribution in [1.29, 1.82) is 0 Å². The van der Waals surface area contributed by atoms with Gasteiger partial charge in [-0.1, -0.05) is 29.8 Å². The molecule has 0 unspecified atom stereocenters. The molecule has 6 nitrogen and oxygen atoms in total. The van der Waals surface area contributed by atoms with Crippen LogP contribution in [0.4, 0.5) is 5.69 Å². The van der Waals surface area contributed by atoms with E-state index < -0.39 is 10.0 Å². The highest BCUT2D eigenvalue weighted by molar-refractivity contribution is 7.89. The van der Waals surface area contributed by atoms with Gasteiger partial charge >= 0.3 is 0 Å². The Morgan fingerprint density at radius 2 is 1.93 bits per heavy atom. The first-order valence-corrected chi connectivity index (χ1v) is 10.7. The zero-order chi connectivity index (χ0) is 20.0. The van der Waals surface area contributed by atoms with Crippen molar-refractivity contribution in [2.75, 3.05) is 18.5 Å². The number of nitrogens with one attached hydrogen (secondary N) is 2. The summed E-state index contributed by atoms with van der Waals surface area (Å²) in [5, 5.41) is 3.24. The molecule has 28 heavy (non-hydrogen) atoms. The summed E-state index contributed by atoms with van der Waals surface area (Å²) in [6, 6.07) is 13.2. The van der Waals surface area contributed by atoms with Gasteiger partial charge in [0.1, 0.15) is 0 Å². The summed E-state index contributed by atoms with van der Waals surface area (Å²) in [4.78, 5) is 12.2. The van der Waals surface area contributed by atoms with Crippen LogP contribution in [0, 0.1) is 0 Å². The van der Waals surface area contributed by atoms with E-state index in [4.69, 9.17) is 16.3 Å². The van der Waals surface area contributed by atoms with Crippen molar-refractivity contribution in [3.63, 3.8) is 0 Å². The molecule has 1 atom stereocenters. The minimum absolute atomic E-state index is 0.0711. The van der Waals surface area contributed by atoms with E-state index >= 15 is 0 Å². The van der Waals surface area contributed by atoms with Crippen molar-refractivity contribution in [2.24, 2.45) is 0 Å². The van der Waals surface area contributed by atoms with E-state index in [2.05, 4.69) is 10.0 Å². The first kappa shape index (κ1) is 20.5. The number of sulfonamides is 1. The van der Waals surface area contributed by atoms with E-state index in [0.29, 0.717) is 17.3 Å². The number of ether oxygens (including phenoxy) is 1. The molecular weight excluding hydrogens is 400 g/mol. The van der Waals surface area contributed by atoms with Crippen LogP contribution in [0.3, 0.4) is 0 Å². The quantitative estimate of drug-likeness (QED) is 0.672. The number of anilines is 1. The second-order valence-electron chi connectivity index (χ2n) is 6.36. The van der Waals surface area contributed by atoms with Crippen LogP contribution in [0.25, 0.3) is 6.08 Å². The van der Waals surface area contributed by atoms with E-state index in [1.165, 1.54) is 18.2 Å².